The molecule has 10 heteroatoms. The molecule has 1 N–H and O–H groups in total. The Bertz CT molecular complexity index is 1770. The van der Waals surface area contributed by atoms with E-state index in [9.17, 15) is 13.6 Å². The minimum absolute atomic E-state index is 0.117. The van der Waals surface area contributed by atoms with Crippen molar-refractivity contribution in [1.82, 2.24) is 9.47 Å². The number of halogens is 3. The van der Waals surface area contributed by atoms with Crippen LogP contribution in [0.25, 0.3) is 16.6 Å². The molecule has 2 aromatic heterocycles. The Morgan fingerprint density at radius 1 is 1.12 bits per heavy atom. The third-order valence-corrected chi connectivity index (χ3v) is 8.64. The van der Waals surface area contributed by atoms with Gasteiger partial charge < -0.3 is 14.2 Å². The van der Waals surface area contributed by atoms with E-state index in [2.05, 4.69) is 21.2 Å². The Balaban J connectivity index is 1.37. The fourth-order valence-electron chi connectivity index (χ4n) is 6.63. The largest absolute Gasteiger partial charge is 0.486 e. The molecular formula is C31H31F3N5O2+. The molecule has 1 atom stereocenters. The molecular weight excluding hydrogens is 531 g/mol. The minimum Gasteiger partial charge on any atom is -0.486 e. The zero-order valence-corrected chi connectivity index (χ0v) is 23.0. The molecule has 6 bridgehead atoms. The maximum absolute atomic E-state index is 15.6. The highest BCUT2D eigenvalue weighted by Gasteiger charge is 2.31. The number of pyridine rings is 2. The molecule has 0 spiro atoms. The predicted molar refractivity (Wildman–Crippen MR) is 150 cm³/mol. The van der Waals surface area contributed by atoms with Gasteiger partial charge in [-0.3, -0.25) is 15.0 Å². The third kappa shape index (κ3) is 4.23. The van der Waals surface area contributed by atoms with Crippen molar-refractivity contribution in [1.29, 1.82) is 0 Å². The molecule has 41 heavy (non-hydrogen) atoms. The van der Waals surface area contributed by atoms with Gasteiger partial charge >= 0.3 is 0 Å². The number of nitrogens with one attached hydrogen (secondary N) is 1. The molecule has 1 unspecified atom stereocenters. The Hall–Kier alpha value is -4.05. The van der Waals surface area contributed by atoms with Crippen molar-refractivity contribution >= 4 is 22.4 Å². The highest BCUT2D eigenvalue weighted by atomic mass is 19.2. The smallest absolute Gasteiger partial charge is 0.279 e. The van der Waals surface area contributed by atoms with E-state index in [0.29, 0.717) is 42.0 Å². The maximum atomic E-state index is 15.6. The van der Waals surface area contributed by atoms with Crippen molar-refractivity contribution in [2.45, 2.75) is 45.4 Å². The summed E-state index contributed by atoms with van der Waals surface area (Å²) in [6.07, 6.45) is 5.66. The van der Waals surface area contributed by atoms with Crippen LogP contribution < -0.4 is 24.9 Å². The molecule has 7 nitrogen and oxygen atoms in total. The van der Waals surface area contributed by atoms with Crippen LogP contribution in [0.4, 0.5) is 24.7 Å². The molecule has 5 heterocycles. The van der Waals surface area contributed by atoms with Crippen molar-refractivity contribution in [2.75, 3.05) is 37.0 Å². The first-order valence-electron chi connectivity index (χ1n) is 14.0. The normalized spacial score (nSPS) is 18.2. The summed E-state index contributed by atoms with van der Waals surface area (Å²) in [6, 6.07) is 8.87. The fourth-order valence-corrected chi connectivity index (χ4v) is 6.63. The number of hydrogen-bond donors (Lipinski definition) is 1. The van der Waals surface area contributed by atoms with Crippen LogP contribution in [-0.2, 0) is 19.6 Å². The Morgan fingerprint density at radius 2 is 1.98 bits per heavy atom. The zero-order valence-electron chi connectivity index (χ0n) is 23.0. The Labute approximate surface area is 235 Å². The number of hydrogen-bond acceptors (Lipinski definition) is 5. The van der Waals surface area contributed by atoms with E-state index >= 15 is 4.39 Å². The van der Waals surface area contributed by atoms with Crippen molar-refractivity contribution < 1.29 is 22.5 Å². The number of aryl methyl sites for hydroxylation is 1. The molecule has 3 aliphatic rings. The number of rotatable bonds is 3. The summed E-state index contributed by atoms with van der Waals surface area (Å²) < 4.78 is 53.7. The molecule has 2 aromatic carbocycles. The number of nitrogens with zero attached hydrogens (tertiary/aromatic N) is 4. The molecule has 7 rings (SSSR count). The van der Waals surface area contributed by atoms with E-state index in [-0.39, 0.29) is 35.0 Å². The van der Waals surface area contributed by atoms with E-state index in [1.807, 2.05) is 36.0 Å². The molecule has 0 amide bonds. The van der Waals surface area contributed by atoms with Crippen LogP contribution >= 0.6 is 0 Å². The summed E-state index contributed by atoms with van der Waals surface area (Å²) in [7, 11) is 1.82. The number of aromatic nitrogens is 2. The fraction of sp³-hybridized carbons (Fsp3) is 0.355. The highest BCUT2D eigenvalue weighted by molar-refractivity contribution is 5.86. The van der Waals surface area contributed by atoms with Gasteiger partial charge in [0.05, 0.1) is 30.2 Å². The number of benzene rings is 2. The topological polar surface area (TPSA) is 53.6 Å². The Morgan fingerprint density at radius 3 is 2.80 bits per heavy atom. The van der Waals surface area contributed by atoms with Gasteiger partial charge in [-0.15, -0.1) is 0 Å². The van der Waals surface area contributed by atoms with Gasteiger partial charge in [0.2, 0.25) is 5.82 Å². The van der Waals surface area contributed by atoms with Crippen molar-refractivity contribution in [3.05, 3.63) is 87.1 Å². The minimum atomic E-state index is -1.09. The first kappa shape index (κ1) is 25.9. The summed E-state index contributed by atoms with van der Waals surface area (Å²) in [5, 5.41) is 3.30. The van der Waals surface area contributed by atoms with Gasteiger partial charge in [-0.2, -0.15) is 8.96 Å². The van der Waals surface area contributed by atoms with Crippen LogP contribution in [0.3, 0.4) is 0 Å². The van der Waals surface area contributed by atoms with E-state index in [0.717, 1.165) is 49.1 Å². The average molecular weight is 563 g/mol. The number of ether oxygens (including phenoxy) is 1. The van der Waals surface area contributed by atoms with Gasteiger partial charge in [0, 0.05) is 50.0 Å². The maximum Gasteiger partial charge on any atom is 0.279 e. The lowest BCUT2D eigenvalue weighted by molar-refractivity contribution is -0.582. The summed E-state index contributed by atoms with van der Waals surface area (Å²) in [5.74, 6) is -1.88. The quantitative estimate of drug-likeness (QED) is 0.375. The summed E-state index contributed by atoms with van der Waals surface area (Å²) in [6.45, 7) is 4.83. The van der Waals surface area contributed by atoms with Crippen LogP contribution in [0, 0.1) is 24.4 Å². The van der Waals surface area contributed by atoms with Gasteiger partial charge in [0.25, 0.3) is 5.82 Å². The zero-order chi connectivity index (χ0) is 28.4. The molecule has 0 radical (unpaired) electrons. The number of fused-ring (bicyclic) bond motifs is 8. The lowest BCUT2D eigenvalue weighted by atomic mass is 10.0. The lowest BCUT2D eigenvalue weighted by Crippen LogP contribution is -2.48. The molecule has 3 aliphatic heterocycles. The van der Waals surface area contributed by atoms with Crippen LogP contribution in [0.1, 0.15) is 29.5 Å². The van der Waals surface area contributed by atoms with Crippen molar-refractivity contribution in [2.24, 2.45) is 0 Å². The standard InChI is InChI=1S/C31H30F3N5O2/c1-18-10-19-11-25(27(18)33)39-17-22(5-6-26(39)35-2)36-7-3-4-21(16-36)38(13-19)15-20-14-37-8-9-41-31-28(34)24(32)12-23(29(31)37)30(20)40/h5-6,10-12,14,17,21H,3-4,7-9,13,15-16H2,1-2H3/p+1. The van der Waals surface area contributed by atoms with Crippen LogP contribution in [-0.4, -0.2) is 42.3 Å². The van der Waals surface area contributed by atoms with Crippen LogP contribution in [0.5, 0.6) is 5.75 Å². The lowest BCUT2D eigenvalue weighted by Gasteiger charge is -2.40. The SMILES string of the molecule is CNc1ccc2c[n+]1-c1cc(cc(C)c1F)CN(Cc1cn3c4c(c(F)c(F)cc4c1=O)OCC3)C1CCCN2C1. The Kier molecular flexibility index (Phi) is 6.19. The van der Waals surface area contributed by atoms with E-state index < -0.39 is 11.6 Å². The molecule has 4 aromatic rings. The van der Waals surface area contributed by atoms with Gasteiger partial charge in [-0.25, -0.2) is 8.78 Å². The molecule has 212 valence electrons. The second-order valence-electron chi connectivity index (χ2n) is 11.2. The highest BCUT2D eigenvalue weighted by Crippen LogP contribution is 2.33. The van der Waals surface area contributed by atoms with Gasteiger partial charge in [-0.1, -0.05) is 6.07 Å². The monoisotopic (exact) mass is 562 g/mol. The van der Waals surface area contributed by atoms with Gasteiger partial charge in [0.15, 0.2) is 28.5 Å². The van der Waals surface area contributed by atoms with E-state index in [4.69, 9.17) is 4.74 Å². The van der Waals surface area contributed by atoms with Gasteiger partial charge in [0.1, 0.15) is 12.8 Å². The number of piperidine rings is 1. The summed E-state index contributed by atoms with van der Waals surface area (Å²) in [5.41, 5.74) is 3.41. The molecule has 0 aliphatic carbocycles. The second kappa shape index (κ2) is 9.80. The van der Waals surface area contributed by atoms with E-state index in [1.165, 1.54) is 0 Å². The first-order chi connectivity index (χ1) is 19.8. The predicted octanol–water partition coefficient (Wildman–Crippen LogP) is 4.42. The number of anilines is 2. The average Bonchev–Trinajstić information content (AvgIpc) is 2.99. The van der Waals surface area contributed by atoms with Crippen LogP contribution in [0.15, 0.2) is 47.5 Å². The van der Waals surface area contributed by atoms with Crippen molar-refractivity contribution in [3.8, 4) is 11.4 Å². The first-order valence-corrected chi connectivity index (χ1v) is 14.0. The van der Waals surface area contributed by atoms with Crippen molar-refractivity contribution in [3.63, 3.8) is 0 Å². The third-order valence-electron chi connectivity index (χ3n) is 8.64. The van der Waals surface area contributed by atoms with Gasteiger partial charge in [-0.05, 0) is 49.1 Å². The van der Waals surface area contributed by atoms with Crippen LogP contribution in [0.2, 0.25) is 0 Å². The summed E-state index contributed by atoms with van der Waals surface area (Å²) in [4.78, 5) is 18.3. The van der Waals surface area contributed by atoms with E-state index in [1.54, 1.807) is 17.7 Å². The second-order valence-corrected chi connectivity index (χ2v) is 11.2. The summed E-state index contributed by atoms with van der Waals surface area (Å²) >= 11 is 0. The molecule has 0 saturated carbocycles. The molecule has 1 fully saturated rings. The molecule has 1 saturated heterocycles.